The minimum Gasteiger partial charge on any atom is -0.369 e. The number of nitrogens with zero attached hydrogens (tertiary/aromatic N) is 2. The maximum absolute atomic E-state index is 13.7. The molecule has 0 bridgehead atoms. The summed E-state index contributed by atoms with van der Waals surface area (Å²) < 4.78 is 15.2. The molecule has 0 amide bonds. The van der Waals surface area contributed by atoms with Crippen molar-refractivity contribution in [3.63, 3.8) is 0 Å². The molecular formula is C13H13Br2FN4. The van der Waals surface area contributed by atoms with Crippen LogP contribution in [0, 0.1) is 5.82 Å². The van der Waals surface area contributed by atoms with Gasteiger partial charge in [0.2, 0.25) is 0 Å². The lowest BCUT2D eigenvalue weighted by molar-refractivity contribution is 0.631. The van der Waals surface area contributed by atoms with E-state index in [2.05, 4.69) is 59.4 Å². The largest absolute Gasteiger partial charge is 0.369 e. The SMILES string of the molecule is CCCNc1ncnc(Nc2cc(Br)ccc2F)c1Br. The minimum absolute atomic E-state index is 0.346. The van der Waals surface area contributed by atoms with E-state index in [9.17, 15) is 4.39 Å². The molecule has 0 unspecified atom stereocenters. The van der Waals surface area contributed by atoms with Crippen LogP contribution in [0.15, 0.2) is 33.5 Å². The highest BCUT2D eigenvalue weighted by Crippen LogP contribution is 2.30. The molecule has 1 aromatic heterocycles. The number of benzene rings is 1. The second-order valence-electron chi connectivity index (χ2n) is 4.06. The highest BCUT2D eigenvalue weighted by Gasteiger charge is 2.10. The lowest BCUT2D eigenvalue weighted by atomic mass is 10.3. The van der Waals surface area contributed by atoms with Gasteiger partial charge >= 0.3 is 0 Å². The highest BCUT2D eigenvalue weighted by atomic mass is 79.9. The molecule has 0 radical (unpaired) electrons. The molecule has 0 aliphatic rings. The standard InChI is InChI=1S/C13H13Br2FN4/c1-2-5-17-12-11(15)13(19-7-18-12)20-10-6-8(14)3-4-9(10)16/h3-4,6-7H,2,5H2,1H3,(H2,17,18,19,20). The summed E-state index contributed by atoms with van der Waals surface area (Å²) in [7, 11) is 0. The molecule has 0 atom stereocenters. The first-order valence-electron chi connectivity index (χ1n) is 6.08. The molecular weight excluding hydrogens is 391 g/mol. The Bertz CT molecular complexity index is 607. The lowest BCUT2D eigenvalue weighted by Crippen LogP contribution is -2.05. The fraction of sp³-hybridized carbons (Fsp3) is 0.231. The molecule has 7 heteroatoms. The van der Waals surface area contributed by atoms with E-state index in [0.717, 1.165) is 17.4 Å². The monoisotopic (exact) mass is 402 g/mol. The summed E-state index contributed by atoms with van der Waals surface area (Å²) in [5, 5.41) is 6.13. The molecule has 0 aliphatic carbocycles. The lowest BCUT2D eigenvalue weighted by Gasteiger charge is -2.12. The van der Waals surface area contributed by atoms with Gasteiger partial charge in [0.25, 0.3) is 0 Å². The van der Waals surface area contributed by atoms with Gasteiger partial charge in [-0.1, -0.05) is 22.9 Å². The maximum atomic E-state index is 13.7. The first-order valence-corrected chi connectivity index (χ1v) is 7.67. The summed E-state index contributed by atoms with van der Waals surface area (Å²) >= 11 is 6.74. The summed E-state index contributed by atoms with van der Waals surface area (Å²) in [6.07, 6.45) is 2.42. The molecule has 0 fully saturated rings. The molecule has 0 spiro atoms. The Labute approximate surface area is 133 Å². The van der Waals surface area contributed by atoms with Gasteiger partial charge in [-0.05, 0) is 40.5 Å². The number of hydrogen-bond donors (Lipinski definition) is 2. The van der Waals surface area contributed by atoms with Gasteiger partial charge < -0.3 is 10.6 Å². The predicted octanol–water partition coefficient (Wildman–Crippen LogP) is 4.71. The summed E-state index contributed by atoms with van der Waals surface area (Å²) in [5.41, 5.74) is 0.347. The average Bonchev–Trinajstić information content (AvgIpc) is 2.44. The van der Waals surface area contributed by atoms with E-state index in [1.165, 1.54) is 12.4 Å². The Morgan fingerprint density at radius 3 is 2.70 bits per heavy atom. The Morgan fingerprint density at radius 1 is 1.20 bits per heavy atom. The van der Waals surface area contributed by atoms with E-state index in [1.807, 2.05) is 0 Å². The van der Waals surface area contributed by atoms with Crippen LogP contribution in [0.25, 0.3) is 0 Å². The Morgan fingerprint density at radius 2 is 1.95 bits per heavy atom. The predicted molar refractivity (Wildman–Crippen MR) is 85.9 cm³/mol. The van der Waals surface area contributed by atoms with Crippen molar-refractivity contribution in [3.8, 4) is 0 Å². The summed E-state index contributed by atoms with van der Waals surface area (Å²) in [4.78, 5) is 8.27. The number of hydrogen-bond acceptors (Lipinski definition) is 4. The van der Waals surface area contributed by atoms with Crippen LogP contribution in [0.2, 0.25) is 0 Å². The van der Waals surface area contributed by atoms with Gasteiger partial charge in [0.05, 0.1) is 5.69 Å². The van der Waals surface area contributed by atoms with Crippen molar-refractivity contribution in [1.82, 2.24) is 9.97 Å². The van der Waals surface area contributed by atoms with Crippen molar-refractivity contribution in [2.45, 2.75) is 13.3 Å². The van der Waals surface area contributed by atoms with E-state index in [4.69, 9.17) is 0 Å². The van der Waals surface area contributed by atoms with E-state index < -0.39 is 0 Å². The third-order valence-electron chi connectivity index (χ3n) is 2.51. The molecule has 4 nitrogen and oxygen atoms in total. The topological polar surface area (TPSA) is 49.8 Å². The Kier molecular flexibility index (Phi) is 5.31. The molecule has 0 saturated carbocycles. The van der Waals surface area contributed by atoms with Crippen LogP contribution in [-0.4, -0.2) is 16.5 Å². The van der Waals surface area contributed by atoms with Crippen LogP contribution in [0.4, 0.5) is 21.7 Å². The van der Waals surface area contributed by atoms with Crippen LogP contribution in [0.5, 0.6) is 0 Å². The third-order valence-corrected chi connectivity index (χ3v) is 3.76. The van der Waals surface area contributed by atoms with Gasteiger partial charge in [-0.2, -0.15) is 0 Å². The summed E-state index contributed by atoms with van der Waals surface area (Å²) in [5.74, 6) is 0.845. The molecule has 0 saturated heterocycles. The summed E-state index contributed by atoms with van der Waals surface area (Å²) in [6, 6.07) is 4.69. The van der Waals surface area contributed by atoms with Crippen LogP contribution in [0.3, 0.4) is 0 Å². The fourth-order valence-corrected chi connectivity index (χ4v) is 2.35. The van der Waals surface area contributed by atoms with Crippen molar-refractivity contribution in [1.29, 1.82) is 0 Å². The van der Waals surface area contributed by atoms with Crippen LogP contribution in [0.1, 0.15) is 13.3 Å². The van der Waals surface area contributed by atoms with E-state index in [-0.39, 0.29) is 5.82 Å². The van der Waals surface area contributed by atoms with Gasteiger partial charge in [-0.15, -0.1) is 0 Å². The smallest absolute Gasteiger partial charge is 0.150 e. The van der Waals surface area contributed by atoms with Gasteiger partial charge in [0, 0.05) is 11.0 Å². The van der Waals surface area contributed by atoms with Gasteiger partial charge in [-0.3, -0.25) is 0 Å². The quantitative estimate of drug-likeness (QED) is 0.759. The van der Waals surface area contributed by atoms with Crippen molar-refractivity contribution in [2.24, 2.45) is 0 Å². The van der Waals surface area contributed by atoms with Crippen molar-refractivity contribution < 1.29 is 4.39 Å². The third kappa shape index (κ3) is 3.67. The Balaban J connectivity index is 2.27. The maximum Gasteiger partial charge on any atom is 0.150 e. The van der Waals surface area contributed by atoms with E-state index in [1.54, 1.807) is 12.1 Å². The zero-order valence-electron chi connectivity index (χ0n) is 10.8. The molecule has 20 heavy (non-hydrogen) atoms. The number of nitrogens with one attached hydrogen (secondary N) is 2. The summed E-state index contributed by atoms with van der Waals surface area (Å²) in [6.45, 7) is 2.87. The molecule has 2 N–H and O–H groups in total. The fourth-order valence-electron chi connectivity index (χ4n) is 1.54. The molecule has 106 valence electrons. The number of anilines is 3. The van der Waals surface area contributed by atoms with Gasteiger partial charge in [0.1, 0.15) is 28.3 Å². The first kappa shape index (κ1) is 15.2. The second kappa shape index (κ2) is 6.99. The average molecular weight is 404 g/mol. The molecule has 1 aromatic carbocycles. The number of rotatable bonds is 5. The van der Waals surface area contributed by atoms with Crippen molar-refractivity contribution in [3.05, 3.63) is 39.3 Å². The molecule has 0 aliphatic heterocycles. The minimum atomic E-state index is -0.346. The van der Waals surface area contributed by atoms with Crippen LogP contribution < -0.4 is 10.6 Å². The number of halogens is 3. The molecule has 2 aromatic rings. The van der Waals surface area contributed by atoms with E-state index in [0.29, 0.717) is 21.8 Å². The van der Waals surface area contributed by atoms with Gasteiger partial charge in [0.15, 0.2) is 0 Å². The normalized spacial score (nSPS) is 10.4. The second-order valence-corrected chi connectivity index (χ2v) is 5.77. The van der Waals surface area contributed by atoms with E-state index >= 15 is 0 Å². The van der Waals surface area contributed by atoms with Crippen molar-refractivity contribution in [2.75, 3.05) is 17.2 Å². The van der Waals surface area contributed by atoms with Crippen LogP contribution >= 0.6 is 31.9 Å². The first-order chi connectivity index (χ1) is 9.61. The zero-order chi connectivity index (χ0) is 14.5. The molecule has 1 heterocycles. The van der Waals surface area contributed by atoms with Gasteiger partial charge in [-0.25, -0.2) is 14.4 Å². The highest BCUT2D eigenvalue weighted by molar-refractivity contribution is 9.11. The number of aromatic nitrogens is 2. The van der Waals surface area contributed by atoms with Crippen molar-refractivity contribution >= 4 is 49.2 Å². The van der Waals surface area contributed by atoms with Crippen LogP contribution in [-0.2, 0) is 0 Å². The molecule has 2 rings (SSSR count). The Hall–Kier alpha value is -1.21. The zero-order valence-corrected chi connectivity index (χ0v) is 13.9.